The first kappa shape index (κ1) is 26.0. The van der Waals surface area contributed by atoms with E-state index in [4.69, 9.17) is 0 Å². The molecule has 0 aromatic rings. The third-order valence-corrected chi connectivity index (χ3v) is 4.26. The van der Waals surface area contributed by atoms with Gasteiger partial charge in [-0.1, -0.05) is 14.9 Å². The van der Waals surface area contributed by atoms with E-state index in [1.807, 2.05) is 0 Å². The molecule has 3 heterocycles. The molecule has 3 fully saturated rings. The number of hydrogen-bond acceptors (Lipinski definition) is 6. The molecule has 0 aliphatic carbocycles. The number of rotatable bonds is 0. The van der Waals surface area contributed by atoms with Crippen molar-refractivity contribution in [1.29, 1.82) is 0 Å². The van der Waals surface area contributed by atoms with Crippen molar-refractivity contribution in [2.24, 2.45) is 0 Å². The van der Waals surface area contributed by atoms with Crippen LogP contribution in [0.1, 0.15) is 21.3 Å². The van der Waals surface area contributed by atoms with Gasteiger partial charge in [-0.05, 0) is 48.7 Å². The molecular weight excluding hydrogens is 300 g/mol. The lowest BCUT2D eigenvalue weighted by Gasteiger charge is -2.36. The van der Waals surface area contributed by atoms with Crippen LogP contribution in [0.15, 0.2) is 0 Å². The van der Waals surface area contributed by atoms with Crippen molar-refractivity contribution in [1.82, 2.24) is 29.4 Å². The van der Waals surface area contributed by atoms with E-state index in [1.165, 1.54) is 45.7 Å². The van der Waals surface area contributed by atoms with Crippen LogP contribution in [0.5, 0.6) is 0 Å². The van der Waals surface area contributed by atoms with Gasteiger partial charge in [0, 0.05) is 39.3 Å². The second-order valence-corrected chi connectivity index (χ2v) is 7.26. The molecule has 0 saturated carbocycles. The fraction of sp³-hybridized carbons (Fsp3) is 1.00. The summed E-state index contributed by atoms with van der Waals surface area (Å²) in [7, 11) is 12.9. The molecule has 0 spiro atoms. The summed E-state index contributed by atoms with van der Waals surface area (Å²) >= 11 is 0. The first-order chi connectivity index (χ1) is 10.4. The molecule has 0 amide bonds. The lowest BCUT2D eigenvalue weighted by atomic mass is 10.3. The quantitative estimate of drug-likeness (QED) is 0.650. The Hall–Kier alpha value is -0.240. The molecule has 3 aliphatic heterocycles. The maximum atomic E-state index is 2.36. The maximum absolute atomic E-state index is 2.36. The molecule has 0 N–H and O–H groups in total. The first-order valence-corrected chi connectivity index (χ1v) is 8.48. The van der Waals surface area contributed by atoms with Crippen molar-refractivity contribution in [3.63, 3.8) is 0 Å². The molecule has 0 unspecified atom stereocenters. The Morgan fingerprint density at radius 3 is 0.833 bits per heavy atom. The SMILES string of the molecule is C.C.CN1CCCN(C)C1.CN1CCN(C)CC1.CN1CN(C)C1. The Morgan fingerprint density at radius 2 is 0.667 bits per heavy atom. The van der Waals surface area contributed by atoms with Crippen molar-refractivity contribution in [3.8, 4) is 0 Å². The van der Waals surface area contributed by atoms with Gasteiger partial charge in [0.1, 0.15) is 0 Å². The molecule has 3 aliphatic rings. The van der Waals surface area contributed by atoms with Gasteiger partial charge < -0.3 is 9.80 Å². The van der Waals surface area contributed by atoms with Gasteiger partial charge in [-0.3, -0.25) is 19.6 Å². The van der Waals surface area contributed by atoms with E-state index >= 15 is 0 Å². The Labute approximate surface area is 153 Å². The highest BCUT2D eigenvalue weighted by atomic mass is 15.5. The van der Waals surface area contributed by atoms with E-state index in [0.29, 0.717) is 0 Å². The van der Waals surface area contributed by atoms with Crippen LogP contribution in [0.3, 0.4) is 0 Å². The summed E-state index contributed by atoms with van der Waals surface area (Å²) in [6, 6.07) is 0. The van der Waals surface area contributed by atoms with Crippen LogP contribution in [-0.4, -0.2) is 131 Å². The number of nitrogens with zero attached hydrogens (tertiary/aromatic N) is 6. The van der Waals surface area contributed by atoms with Gasteiger partial charge in [0.05, 0.1) is 20.0 Å². The minimum absolute atomic E-state index is 0. The van der Waals surface area contributed by atoms with Crippen molar-refractivity contribution < 1.29 is 0 Å². The Kier molecular flexibility index (Phi) is 15.1. The zero-order valence-corrected chi connectivity index (χ0v) is 15.8. The fourth-order valence-electron chi connectivity index (χ4n) is 2.85. The molecule has 3 rings (SSSR count). The predicted octanol–water partition coefficient (Wildman–Crippen LogP) is 1.13. The van der Waals surface area contributed by atoms with Gasteiger partial charge in [0.15, 0.2) is 0 Å². The second kappa shape index (κ2) is 14.0. The van der Waals surface area contributed by atoms with Crippen LogP contribution < -0.4 is 0 Å². The van der Waals surface area contributed by atoms with E-state index < -0.39 is 0 Å². The van der Waals surface area contributed by atoms with Crippen molar-refractivity contribution in [2.45, 2.75) is 21.3 Å². The van der Waals surface area contributed by atoms with Crippen LogP contribution in [0.2, 0.25) is 0 Å². The topological polar surface area (TPSA) is 19.4 Å². The van der Waals surface area contributed by atoms with Gasteiger partial charge >= 0.3 is 0 Å². The van der Waals surface area contributed by atoms with Crippen LogP contribution >= 0.6 is 0 Å². The molecule has 0 atom stereocenters. The number of hydrogen-bond donors (Lipinski definition) is 0. The standard InChI is InChI=1S/2C6H14N2.C4H10N2.2CH4/c1-7-3-5-8(2)6-4-7;1-7-4-3-5-8(2)6-7;1-5-3-6(2)4-5;;/h2*3-6H2,1-2H3;3-4H2,1-2H3;2*1H4. The predicted molar refractivity (Wildman–Crippen MR) is 108 cm³/mol. The van der Waals surface area contributed by atoms with Crippen LogP contribution in [0, 0.1) is 0 Å². The molecule has 0 radical (unpaired) electrons. The molecule has 0 aromatic carbocycles. The normalized spacial score (nSPS) is 24.2. The van der Waals surface area contributed by atoms with Crippen molar-refractivity contribution >= 4 is 0 Å². The Balaban J connectivity index is 0. The Morgan fingerprint density at radius 1 is 0.375 bits per heavy atom. The van der Waals surface area contributed by atoms with Gasteiger partial charge in [-0.15, -0.1) is 0 Å². The highest BCUT2D eigenvalue weighted by Gasteiger charge is 2.13. The Bertz CT molecular complexity index is 251. The van der Waals surface area contributed by atoms with E-state index in [1.54, 1.807) is 0 Å². The molecule has 24 heavy (non-hydrogen) atoms. The van der Waals surface area contributed by atoms with Crippen LogP contribution in [0.4, 0.5) is 0 Å². The summed E-state index contributed by atoms with van der Waals surface area (Å²) in [6.07, 6.45) is 1.33. The zero-order chi connectivity index (χ0) is 16.5. The third-order valence-electron chi connectivity index (χ3n) is 4.26. The summed E-state index contributed by atoms with van der Waals surface area (Å²) in [5.74, 6) is 0. The van der Waals surface area contributed by atoms with Crippen LogP contribution in [0.25, 0.3) is 0 Å². The molecule has 6 heteroatoms. The molecule has 148 valence electrons. The van der Waals surface area contributed by atoms with Gasteiger partial charge in [0.25, 0.3) is 0 Å². The molecule has 0 bridgehead atoms. The summed E-state index contributed by atoms with van der Waals surface area (Å²) < 4.78 is 0. The molecular formula is C18H46N6. The average Bonchev–Trinajstić information content (AvgIpc) is 2.42. The number of likely N-dealkylation sites (N-methyl/N-ethyl adjacent to an activating group) is 2. The molecule has 0 aromatic heterocycles. The lowest BCUT2D eigenvalue weighted by Crippen LogP contribution is -2.50. The molecule has 3 saturated heterocycles. The van der Waals surface area contributed by atoms with Gasteiger partial charge in [-0.2, -0.15) is 0 Å². The van der Waals surface area contributed by atoms with Gasteiger partial charge in [-0.25, -0.2) is 0 Å². The van der Waals surface area contributed by atoms with Gasteiger partial charge in [0.2, 0.25) is 0 Å². The second-order valence-electron chi connectivity index (χ2n) is 7.26. The minimum atomic E-state index is 0. The third kappa shape index (κ3) is 12.2. The zero-order valence-electron chi connectivity index (χ0n) is 15.8. The highest BCUT2D eigenvalue weighted by molar-refractivity contribution is 4.64. The lowest BCUT2D eigenvalue weighted by molar-refractivity contribution is 0.0149. The maximum Gasteiger partial charge on any atom is 0.0523 e. The minimum Gasteiger partial charge on any atom is -0.304 e. The summed E-state index contributed by atoms with van der Waals surface area (Å²) in [5, 5.41) is 0. The average molecular weight is 347 g/mol. The first-order valence-electron chi connectivity index (χ1n) is 8.48. The fourth-order valence-corrected chi connectivity index (χ4v) is 2.85. The molecule has 6 nitrogen and oxygen atoms in total. The van der Waals surface area contributed by atoms with Crippen molar-refractivity contribution in [3.05, 3.63) is 0 Å². The summed E-state index contributed by atoms with van der Waals surface area (Å²) in [6.45, 7) is 10.9. The van der Waals surface area contributed by atoms with E-state index in [-0.39, 0.29) is 14.9 Å². The largest absolute Gasteiger partial charge is 0.304 e. The summed E-state index contributed by atoms with van der Waals surface area (Å²) in [4.78, 5) is 13.9. The van der Waals surface area contributed by atoms with Crippen LogP contribution in [-0.2, 0) is 0 Å². The van der Waals surface area contributed by atoms with E-state index in [9.17, 15) is 0 Å². The van der Waals surface area contributed by atoms with E-state index in [0.717, 1.165) is 20.0 Å². The monoisotopic (exact) mass is 346 g/mol. The van der Waals surface area contributed by atoms with E-state index in [2.05, 4.69) is 71.7 Å². The number of piperazine rings is 1. The highest BCUT2D eigenvalue weighted by Crippen LogP contribution is 1.99. The smallest absolute Gasteiger partial charge is 0.0523 e. The summed E-state index contributed by atoms with van der Waals surface area (Å²) in [5.41, 5.74) is 0. The van der Waals surface area contributed by atoms with Crippen molar-refractivity contribution in [2.75, 3.05) is 102 Å².